The van der Waals surface area contributed by atoms with Crippen molar-refractivity contribution in [2.24, 2.45) is 0 Å². The highest BCUT2D eigenvalue weighted by Gasteiger charge is 2.09. The Morgan fingerprint density at radius 2 is 1.69 bits per heavy atom. The van der Waals surface area contributed by atoms with E-state index >= 15 is 0 Å². The zero-order valence-corrected chi connectivity index (χ0v) is 19.3. The molecule has 168 valence electrons. The summed E-state index contributed by atoms with van der Waals surface area (Å²) in [4.78, 5) is 26.0. The smallest absolute Gasteiger partial charge is 0.338 e. The van der Waals surface area contributed by atoms with Crippen molar-refractivity contribution in [3.8, 4) is 0 Å². The van der Waals surface area contributed by atoms with Crippen molar-refractivity contribution in [3.05, 3.63) is 70.1 Å². The third-order valence-corrected chi connectivity index (χ3v) is 5.33. The van der Waals surface area contributed by atoms with Gasteiger partial charge in [-0.25, -0.2) is 9.59 Å². The Labute approximate surface area is 192 Å². The fourth-order valence-electron chi connectivity index (χ4n) is 3.28. The fraction of sp³-hybridized carbons (Fsp3) is 0.292. The second-order valence-electron chi connectivity index (χ2n) is 7.28. The number of rotatable bonds is 8. The summed E-state index contributed by atoms with van der Waals surface area (Å²) in [5.74, 6) is -0.350. The number of likely N-dealkylation sites (N-methyl/N-ethyl adjacent to an activating group) is 1. The SMILES string of the molecule is CCN(CC)CCOC(=O)c1ccc(NC(=S)Nc2ccc3c(C)cc(=O)oc3c2)cc1. The van der Waals surface area contributed by atoms with E-state index in [1.165, 1.54) is 6.07 Å². The zero-order valence-electron chi connectivity index (χ0n) is 18.4. The van der Waals surface area contributed by atoms with Gasteiger partial charge in [0.25, 0.3) is 0 Å². The van der Waals surface area contributed by atoms with Crippen LogP contribution in [-0.2, 0) is 4.74 Å². The molecule has 7 nitrogen and oxygen atoms in total. The predicted octanol–water partition coefficient (Wildman–Crippen LogP) is 4.41. The lowest BCUT2D eigenvalue weighted by Crippen LogP contribution is -2.27. The molecule has 0 aliphatic carbocycles. The Morgan fingerprint density at radius 3 is 2.38 bits per heavy atom. The third-order valence-electron chi connectivity index (χ3n) is 5.12. The van der Waals surface area contributed by atoms with E-state index in [0.29, 0.717) is 28.6 Å². The molecule has 0 spiro atoms. The number of hydrogen-bond acceptors (Lipinski definition) is 6. The van der Waals surface area contributed by atoms with Crippen LogP contribution in [0.5, 0.6) is 0 Å². The standard InChI is InChI=1S/C24H27N3O4S/c1-4-27(5-2)12-13-30-23(29)17-6-8-18(9-7-17)25-24(32)26-19-10-11-20-16(3)14-22(28)31-21(20)15-19/h6-11,14-15H,4-5,12-13H2,1-3H3,(H2,25,26,32). The largest absolute Gasteiger partial charge is 0.461 e. The summed E-state index contributed by atoms with van der Waals surface area (Å²) in [6.07, 6.45) is 0. The van der Waals surface area contributed by atoms with E-state index in [4.69, 9.17) is 21.4 Å². The van der Waals surface area contributed by atoms with Gasteiger partial charge >= 0.3 is 11.6 Å². The Bertz CT molecular complexity index is 1150. The number of anilines is 2. The molecule has 3 rings (SSSR count). The van der Waals surface area contributed by atoms with Gasteiger partial charge in [-0.15, -0.1) is 0 Å². The zero-order chi connectivity index (χ0) is 23.1. The van der Waals surface area contributed by atoms with Crippen LogP contribution >= 0.6 is 12.2 Å². The van der Waals surface area contributed by atoms with Gasteiger partial charge in [0.1, 0.15) is 12.2 Å². The average Bonchev–Trinajstić information content (AvgIpc) is 2.76. The average molecular weight is 454 g/mol. The second-order valence-corrected chi connectivity index (χ2v) is 7.69. The number of carbonyl (C=O) groups excluding carboxylic acids is 1. The molecule has 0 saturated heterocycles. The number of aryl methyl sites for hydroxylation is 1. The van der Waals surface area contributed by atoms with Crippen molar-refractivity contribution in [1.82, 2.24) is 4.90 Å². The molecule has 0 amide bonds. The predicted molar refractivity (Wildman–Crippen MR) is 132 cm³/mol. The first kappa shape index (κ1) is 23.4. The van der Waals surface area contributed by atoms with Crippen LogP contribution < -0.4 is 16.3 Å². The highest BCUT2D eigenvalue weighted by molar-refractivity contribution is 7.80. The van der Waals surface area contributed by atoms with E-state index in [1.807, 2.05) is 19.1 Å². The van der Waals surface area contributed by atoms with Gasteiger partial charge in [-0.2, -0.15) is 0 Å². The van der Waals surface area contributed by atoms with Crippen LogP contribution in [0.1, 0.15) is 29.8 Å². The van der Waals surface area contributed by atoms with Crippen LogP contribution in [0.2, 0.25) is 0 Å². The highest BCUT2D eigenvalue weighted by Crippen LogP contribution is 2.21. The highest BCUT2D eigenvalue weighted by atomic mass is 32.1. The first-order valence-corrected chi connectivity index (χ1v) is 10.9. The molecule has 3 aromatic rings. The van der Waals surface area contributed by atoms with Gasteiger partial charge in [0.2, 0.25) is 0 Å². The van der Waals surface area contributed by atoms with E-state index in [1.54, 1.807) is 30.3 Å². The molecule has 0 aliphatic heterocycles. The first-order valence-electron chi connectivity index (χ1n) is 10.5. The van der Waals surface area contributed by atoms with Crippen molar-refractivity contribution in [2.75, 3.05) is 36.9 Å². The molecule has 0 saturated carbocycles. The molecule has 0 aliphatic rings. The van der Waals surface area contributed by atoms with Crippen molar-refractivity contribution in [2.45, 2.75) is 20.8 Å². The van der Waals surface area contributed by atoms with E-state index in [2.05, 4.69) is 29.4 Å². The van der Waals surface area contributed by atoms with Crippen molar-refractivity contribution < 1.29 is 13.9 Å². The number of carbonyl (C=O) groups is 1. The van der Waals surface area contributed by atoms with Gasteiger partial charge in [-0.3, -0.25) is 0 Å². The van der Waals surface area contributed by atoms with E-state index < -0.39 is 0 Å². The van der Waals surface area contributed by atoms with Gasteiger partial charge in [-0.1, -0.05) is 13.8 Å². The van der Waals surface area contributed by atoms with E-state index in [9.17, 15) is 9.59 Å². The molecule has 2 aromatic carbocycles. The Kier molecular flexibility index (Phi) is 7.97. The summed E-state index contributed by atoms with van der Waals surface area (Å²) in [5, 5.41) is 7.38. The molecule has 0 radical (unpaired) electrons. The number of ether oxygens (including phenoxy) is 1. The number of benzene rings is 2. The maximum absolute atomic E-state index is 12.2. The number of esters is 1. The number of fused-ring (bicyclic) bond motifs is 1. The molecule has 0 fully saturated rings. The lowest BCUT2D eigenvalue weighted by Gasteiger charge is -2.17. The van der Waals surface area contributed by atoms with Crippen molar-refractivity contribution in [1.29, 1.82) is 0 Å². The van der Waals surface area contributed by atoms with E-state index in [0.717, 1.165) is 36.3 Å². The maximum Gasteiger partial charge on any atom is 0.338 e. The van der Waals surface area contributed by atoms with Crippen molar-refractivity contribution in [3.63, 3.8) is 0 Å². The minimum Gasteiger partial charge on any atom is -0.461 e. The maximum atomic E-state index is 12.2. The van der Waals surface area contributed by atoms with Gasteiger partial charge in [0.05, 0.1) is 5.56 Å². The topological polar surface area (TPSA) is 83.8 Å². The van der Waals surface area contributed by atoms with Crippen LogP contribution in [0.15, 0.2) is 57.7 Å². The third kappa shape index (κ3) is 6.15. The minimum absolute atomic E-state index is 0.350. The molecule has 0 atom stereocenters. The lowest BCUT2D eigenvalue weighted by atomic mass is 10.1. The van der Waals surface area contributed by atoms with Crippen LogP contribution in [-0.4, -0.2) is 42.2 Å². The number of nitrogens with zero attached hydrogens (tertiary/aromatic N) is 1. The molecular formula is C24H27N3O4S. The Balaban J connectivity index is 1.56. The minimum atomic E-state index is -0.389. The van der Waals surface area contributed by atoms with Gasteiger partial charge in [-0.05, 0) is 74.2 Å². The lowest BCUT2D eigenvalue weighted by molar-refractivity contribution is 0.0466. The first-order chi connectivity index (χ1) is 15.4. The number of nitrogens with one attached hydrogen (secondary N) is 2. The normalized spacial score (nSPS) is 10.9. The van der Waals surface area contributed by atoms with Crippen LogP contribution in [0.3, 0.4) is 0 Å². The van der Waals surface area contributed by atoms with Crippen LogP contribution in [0, 0.1) is 6.92 Å². The summed E-state index contributed by atoms with van der Waals surface area (Å²) in [5.41, 5.74) is 2.86. The molecule has 32 heavy (non-hydrogen) atoms. The summed E-state index contributed by atoms with van der Waals surface area (Å²) in [6.45, 7) is 8.95. The van der Waals surface area contributed by atoms with Gasteiger partial charge in [0, 0.05) is 35.4 Å². The number of hydrogen-bond donors (Lipinski definition) is 2. The number of thiocarbonyl (C=S) groups is 1. The quantitative estimate of drug-likeness (QED) is 0.295. The molecule has 1 heterocycles. The second kappa shape index (κ2) is 10.9. The Hall–Kier alpha value is -3.23. The monoisotopic (exact) mass is 453 g/mol. The summed E-state index contributed by atoms with van der Waals surface area (Å²) >= 11 is 5.37. The molecule has 1 aromatic heterocycles. The van der Waals surface area contributed by atoms with Crippen LogP contribution in [0.25, 0.3) is 11.0 Å². The Morgan fingerprint density at radius 1 is 1.03 bits per heavy atom. The fourth-order valence-corrected chi connectivity index (χ4v) is 3.51. The summed E-state index contributed by atoms with van der Waals surface area (Å²) in [7, 11) is 0. The van der Waals surface area contributed by atoms with Gasteiger partial charge in [0.15, 0.2) is 5.11 Å². The van der Waals surface area contributed by atoms with Crippen molar-refractivity contribution >= 4 is 45.6 Å². The molecule has 8 heteroatoms. The summed E-state index contributed by atoms with van der Waals surface area (Å²) < 4.78 is 10.6. The van der Waals surface area contributed by atoms with Gasteiger partial charge < -0.3 is 24.7 Å². The summed E-state index contributed by atoms with van der Waals surface area (Å²) in [6, 6.07) is 13.8. The van der Waals surface area contributed by atoms with Crippen LogP contribution in [0.4, 0.5) is 11.4 Å². The molecule has 0 bridgehead atoms. The molecule has 2 N–H and O–H groups in total. The molecular weight excluding hydrogens is 426 g/mol. The molecule has 0 unspecified atom stereocenters. The van der Waals surface area contributed by atoms with E-state index in [-0.39, 0.29) is 11.6 Å².